The van der Waals surface area contributed by atoms with Crippen LogP contribution in [0.25, 0.3) is 10.4 Å². The predicted molar refractivity (Wildman–Crippen MR) is 93.7 cm³/mol. The number of carbonyl (C=O) groups excluding carboxylic acids is 1. The molecule has 0 saturated carbocycles. The van der Waals surface area contributed by atoms with E-state index < -0.39 is 11.6 Å². The molecule has 2 heterocycles. The lowest BCUT2D eigenvalue weighted by Crippen LogP contribution is -2.37. The molecule has 0 radical (unpaired) electrons. The van der Waals surface area contributed by atoms with Gasteiger partial charge in [-0.15, -0.1) is 22.7 Å². The number of rotatable bonds is 5. The standard InChI is InChI=1S/C18H16O3S2/c1-2-21-17(19)18(20,15-9-6-12-22-15)16-11-10-14(23-16)13-7-4-3-5-8-13/h3-12,20H,2H2,1H3/t18-/m0/s1. The van der Waals surface area contributed by atoms with Gasteiger partial charge < -0.3 is 9.84 Å². The fourth-order valence-electron chi connectivity index (χ4n) is 2.33. The van der Waals surface area contributed by atoms with E-state index in [1.807, 2.05) is 47.8 Å². The van der Waals surface area contributed by atoms with Crippen LogP contribution in [0.15, 0.2) is 60.0 Å². The Labute approximate surface area is 142 Å². The first-order chi connectivity index (χ1) is 11.2. The molecular formula is C18H16O3S2. The largest absolute Gasteiger partial charge is 0.463 e. The number of aliphatic hydroxyl groups is 1. The van der Waals surface area contributed by atoms with Gasteiger partial charge in [-0.1, -0.05) is 36.4 Å². The van der Waals surface area contributed by atoms with Crippen LogP contribution in [0, 0.1) is 0 Å². The second-order valence-corrected chi connectivity index (χ2v) is 6.97. The molecule has 0 bridgehead atoms. The summed E-state index contributed by atoms with van der Waals surface area (Å²) in [4.78, 5) is 14.6. The molecule has 1 atom stereocenters. The molecule has 0 fully saturated rings. The summed E-state index contributed by atoms with van der Waals surface area (Å²) in [6.45, 7) is 1.96. The summed E-state index contributed by atoms with van der Waals surface area (Å²) in [7, 11) is 0. The number of esters is 1. The van der Waals surface area contributed by atoms with E-state index in [1.54, 1.807) is 19.1 Å². The molecule has 1 aromatic carbocycles. The fraction of sp³-hybridized carbons (Fsp3) is 0.167. The van der Waals surface area contributed by atoms with E-state index in [0.29, 0.717) is 9.75 Å². The summed E-state index contributed by atoms with van der Waals surface area (Å²) in [6.07, 6.45) is 0. The molecule has 0 saturated heterocycles. The lowest BCUT2D eigenvalue weighted by Gasteiger charge is -2.23. The van der Waals surface area contributed by atoms with Crippen molar-refractivity contribution in [1.29, 1.82) is 0 Å². The number of benzene rings is 1. The molecule has 3 rings (SSSR count). The third-order valence-electron chi connectivity index (χ3n) is 3.47. The Bertz CT molecular complexity index is 778. The molecule has 0 aliphatic heterocycles. The number of ether oxygens (including phenoxy) is 1. The van der Waals surface area contributed by atoms with Gasteiger partial charge in [-0.25, -0.2) is 4.79 Å². The van der Waals surface area contributed by atoms with Crippen LogP contribution in [-0.2, 0) is 15.1 Å². The smallest absolute Gasteiger partial charge is 0.349 e. The normalized spacial score (nSPS) is 13.5. The Hall–Kier alpha value is -1.95. The topological polar surface area (TPSA) is 46.5 Å². The Morgan fingerprint density at radius 2 is 1.87 bits per heavy atom. The van der Waals surface area contributed by atoms with Crippen molar-refractivity contribution >= 4 is 28.6 Å². The summed E-state index contributed by atoms with van der Waals surface area (Å²) in [5.74, 6) is -0.635. The lowest BCUT2D eigenvalue weighted by molar-refractivity contribution is -0.161. The second kappa shape index (κ2) is 6.66. The zero-order valence-corrected chi connectivity index (χ0v) is 14.2. The van der Waals surface area contributed by atoms with E-state index in [4.69, 9.17) is 4.74 Å². The minimum atomic E-state index is -1.75. The van der Waals surface area contributed by atoms with Crippen molar-refractivity contribution in [1.82, 2.24) is 0 Å². The highest BCUT2D eigenvalue weighted by Gasteiger charge is 2.44. The maximum Gasteiger partial charge on any atom is 0.349 e. The molecule has 0 aliphatic rings. The van der Waals surface area contributed by atoms with Gasteiger partial charge in [-0.2, -0.15) is 0 Å². The minimum Gasteiger partial charge on any atom is -0.463 e. The average Bonchev–Trinajstić information content (AvgIpc) is 3.27. The third kappa shape index (κ3) is 2.95. The van der Waals surface area contributed by atoms with E-state index in [-0.39, 0.29) is 6.61 Å². The summed E-state index contributed by atoms with van der Waals surface area (Å²) in [6, 6.07) is 17.2. The van der Waals surface area contributed by atoms with Gasteiger partial charge in [0.05, 0.1) is 16.4 Å². The molecule has 0 unspecified atom stereocenters. The first-order valence-electron chi connectivity index (χ1n) is 7.25. The van der Waals surface area contributed by atoms with Crippen LogP contribution in [0.4, 0.5) is 0 Å². The molecule has 3 aromatic rings. The van der Waals surface area contributed by atoms with Crippen molar-refractivity contribution in [2.75, 3.05) is 6.61 Å². The first-order valence-corrected chi connectivity index (χ1v) is 8.95. The molecule has 0 aliphatic carbocycles. The fourth-order valence-corrected chi connectivity index (χ4v) is 4.33. The number of hydrogen-bond acceptors (Lipinski definition) is 5. The highest BCUT2D eigenvalue weighted by Crippen LogP contribution is 2.40. The van der Waals surface area contributed by atoms with E-state index in [2.05, 4.69) is 0 Å². The van der Waals surface area contributed by atoms with Crippen molar-refractivity contribution in [3.63, 3.8) is 0 Å². The van der Waals surface area contributed by atoms with E-state index >= 15 is 0 Å². The molecule has 0 spiro atoms. The monoisotopic (exact) mass is 344 g/mol. The van der Waals surface area contributed by atoms with Crippen LogP contribution in [0.1, 0.15) is 16.7 Å². The van der Waals surface area contributed by atoms with Crippen molar-refractivity contribution in [3.05, 3.63) is 69.7 Å². The molecular weight excluding hydrogens is 328 g/mol. The average molecular weight is 344 g/mol. The van der Waals surface area contributed by atoms with Gasteiger partial charge in [0.2, 0.25) is 5.60 Å². The van der Waals surface area contributed by atoms with Gasteiger partial charge in [-0.05, 0) is 36.1 Å². The Morgan fingerprint density at radius 1 is 1.09 bits per heavy atom. The van der Waals surface area contributed by atoms with Crippen LogP contribution >= 0.6 is 22.7 Å². The summed E-state index contributed by atoms with van der Waals surface area (Å²) >= 11 is 2.74. The van der Waals surface area contributed by atoms with Crippen molar-refractivity contribution in [2.24, 2.45) is 0 Å². The SMILES string of the molecule is CCOC(=O)[C@](O)(c1cccs1)c1ccc(-c2ccccc2)s1. The maximum atomic E-state index is 12.5. The molecule has 23 heavy (non-hydrogen) atoms. The molecule has 118 valence electrons. The van der Waals surface area contributed by atoms with Crippen LogP contribution in [0.5, 0.6) is 0 Å². The summed E-state index contributed by atoms with van der Waals surface area (Å²) in [5, 5.41) is 13.0. The van der Waals surface area contributed by atoms with Gasteiger partial charge in [0, 0.05) is 4.88 Å². The highest BCUT2D eigenvalue weighted by atomic mass is 32.1. The molecule has 2 aromatic heterocycles. The summed E-state index contributed by atoms with van der Waals surface area (Å²) in [5.41, 5.74) is -0.692. The van der Waals surface area contributed by atoms with Crippen molar-refractivity contribution in [3.8, 4) is 10.4 Å². The maximum absolute atomic E-state index is 12.5. The van der Waals surface area contributed by atoms with Gasteiger partial charge >= 0.3 is 5.97 Å². The van der Waals surface area contributed by atoms with Crippen molar-refractivity contribution < 1.29 is 14.6 Å². The first kappa shape index (κ1) is 15.9. The molecule has 3 nitrogen and oxygen atoms in total. The van der Waals surface area contributed by atoms with E-state index in [1.165, 1.54) is 22.7 Å². The van der Waals surface area contributed by atoms with Gasteiger partial charge in [0.15, 0.2) is 0 Å². The Morgan fingerprint density at radius 3 is 2.52 bits per heavy atom. The highest BCUT2D eigenvalue weighted by molar-refractivity contribution is 7.16. The lowest BCUT2D eigenvalue weighted by atomic mass is 10.00. The number of hydrogen-bond donors (Lipinski definition) is 1. The quantitative estimate of drug-likeness (QED) is 0.703. The molecule has 0 amide bonds. The van der Waals surface area contributed by atoms with Crippen LogP contribution < -0.4 is 0 Å². The van der Waals surface area contributed by atoms with Gasteiger partial charge in [0.1, 0.15) is 0 Å². The zero-order chi connectivity index (χ0) is 16.3. The van der Waals surface area contributed by atoms with Gasteiger partial charge in [0.25, 0.3) is 0 Å². The predicted octanol–water partition coefficient (Wildman–Crippen LogP) is 4.28. The minimum absolute atomic E-state index is 0.226. The molecule has 1 N–H and O–H groups in total. The second-order valence-electron chi connectivity index (χ2n) is 4.94. The number of carbonyl (C=O) groups is 1. The molecule has 5 heteroatoms. The van der Waals surface area contributed by atoms with Crippen LogP contribution in [-0.4, -0.2) is 17.7 Å². The summed E-state index contributed by atoms with van der Waals surface area (Å²) < 4.78 is 5.12. The Kier molecular flexibility index (Phi) is 4.61. The Balaban J connectivity index is 2.05. The zero-order valence-electron chi connectivity index (χ0n) is 12.6. The third-order valence-corrected chi connectivity index (χ3v) is 5.69. The number of thiophene rings is 2. The van der Waals surface area contributed by atoms with E-state index in [0.717, 1.165) is 10.4 Å². The van der Waals surface area contributed by atoms with Crippen molar-refractivity contribution in [2.45, 2.75) is 12.5 Å². The van der Waals surface area contributed by atoms with Crippen LogP contribution in [0.3, 0.4) is 0 Å². The van der Waals surface area contributed by atoms with Crippen LogP contribution in [0.2, 0.25) is 0 Å². The van der Waals surface area contributed by atoms with E-state index in [9.17, 15) is 9.90 Å². The van der Waals surface area contributed by atoms with Gasteiger partial charge in [-0.3, -0.25) is 0 Å².